The van der Waals surface area contributed by atoms with Crippen molar-refractivity contribution in [3.05, 3.63) is 18.5 Å². The quantitative estimate of drug-likeness (QED) is 0.896. The molecule has 2 bridgehead atoms. The van der Waals surface area contributed by atoms with Gasteiger partial charge in [0.1, 0.15) is 0 Å². The minimum Gasteiger partial charge on any atom is -0.337 e. The Morgan fingerprint density at radius 3 is 2.40 bits per heavy atom. The molecule has 0 radical (unpaired) electrons. The lowest BCUT2D eigenvalue weighted by Crippen LogP contribution is -2.56. The van der Waals surface area contributed by atoms with Crippen LogP contribution in [0.2, 0.25) is 0 Å². The Labute approximate surface area is 150 Å². The van der Waals surface area contributed by atoms with Crippen LogP contribution < -0.4 is 10.2 Å². The molecule has 1 aromatic rings. The van der Waals surface area contributed by atoms with Crippen molar-refractivity contribution >= 4 is 12.0 Å². The molecule has 4 rings (SSSR count). The zero-order chi connectivity index (χ0) is 17.7. The van der Waals surface area contributed by atoms with Crippen LogP contribution in [0, 0.1) is 16.7 Å². The van der Waals surface area contributed by atoms with E-state index in [0.717, 1.165) is 44.5 Å². The van der Waals surface area contributed by atoms with Crippen LogP contribution in [0.15, 0.2) is 18.5 Å². The highest BCUT2D eigenvalue weighted by Crippen LogP contribution is 2.65. The number of nitrogens with one attached hydrogen (secondary N) is 1. The van der Waals surface area contributed by atoms with Gasteiger partial charge < -0.3 is 15.1 Å². The lowest BCUT2D eigenvalue weighted by molar-refractivity contribution is 0.117. The minimum atomic E-state index is 0.100. The summed E-state index contributed by atoms with van der Waals surface area (Å²) in [5.41, 5.74) is 0.557. The zero-order valence-electron chi connectivity index (χ0n) is 15.5. The lowest BCUT2D eigenvalue weighted by atomic mass is 9.69. The molecule has 136 valence electrons. The van der Waals surface area contributed by atoms with E-state index in [9.17, 15) is 4.79 Å². The topological polar surface area (TPSA) is 61.4 Å². The standard InChI is InChI=1S/C19H29N5O/c1-18(2)14-5-6-19(18,3)15(13-14)22-17(25)24-11-9-23(10-12-24)16-20-7-4-8-21-16/h4,7-8,14-15H,5-6,9-13H2,1-3H3,(H,22,25)/t14-,15+,19-/m1/s1. The van der Waals surface area contributed by atoms with Gasteiger partial charge in [-0.15, -0.1) is 0 Å². The minimum absolute atomic E-state index is 0.100. The molecule has 2 amide bonds. The van der Waals surface area contributed by atoms with Crippen LogP contribution in [-0.2, 0) is 0 Å². The molecule has 0 aromatic carbocycles. The van der Waals surface area contributed by atoms with Crippen molar-refractivity contribution in [2.45, 2.75) is 46.1 Å². The fourth-order valence-electron chi connectivity index (χ4n) is 5.23. The van der Waals surface area contributed by atoms with Gasteiger partial charge in [0, 0.05) is 44.6 Å². The third-order valence-corrected chi connectivity index (χ3v) is 7.49. The number of nitrogens with zero attached hydrogens (tertiary/aromatic N) is 4. The predicted molar refractivity (Wildman–Crippen MR) is 97.4 cm³/mol. The molecule has 1 N–H and O–H groups in total. The fourth-order valence-corrected chi connectivity index (χ4v) is 5.23. The third kappa shape index (κ3) is 2.57. The van der Waals surface area contributed by atoms with E-state index in [1.165, 1.54) is 12.8 Å². The van der Waals surface area contributed by atoms with Gasteiger partial charge in [-0.25, -0.2) is 14.8 Å². The Hall–Kier alpha value is -1.85. The second-order valence-electron chi connectivity index (χ2n) is 8.64. The number of piperazine rings is 1. The first kappa shape index (κ1) is 16.6. The van der Waals surface area contributed by atoms with Crippen LogP contribution in [0.25, 0.3) is 0 Å². The van der Waals surface area contributed by atoms with Crippen LogP contribution in [0.5, 0.6) is 0 Å². The second kappa shape index (κ2) is 5.85. The first-order valence-electron chi connectivity index (χ1n) is 9.49. The van der Waals surface area contributed by atoms with E-state index in [1.807, 2.05) is 11.0 Å². The van der Waals surface area contributed by atoms with Crippen LogP contribution in [0.4, 0.5) is 10.7 Å². The van der Waals surface area contributed by atoms with Crippen LogP contribution in [-0.4, -0.2) is 53.1 Å². The maximum atomic E-state index is 12.8. The van der Waals surface area contributed by atoms with E-state index < -0.39 is 0 Å². The van der Waals surface area contributed by atoms with Crippen molar-refractivity contribution in [1.82, 2.24) is 20.2 Å². The summed E-state index contributed by atoms with van der Waals surface area (Å²) < 4.78 is 0. The number of carbonyl (C=O) groups is 1. The molecular weight excluding hydrogens is 314 g/mol. The van der Waals surface area contributed by atoms with Crippen molar-refractivity contribution in [2.75, 3.05) is 31.1 Å². The number of aromatic nitrogens is 2. The second-order valence-corrected chi connectivity index (χ2v) is 8.64. The molecule has 6 heteroatoms. The average molecular weight is 343 g/mol. The number of hydrogen-bond acceptors (Lipinski definition) is 4. The van der Waals surface area contributed by atoms with Gasteiger partial charge in [0.15, 0.2) is 0 Å². The van der Waals surface area contributed by atoms with E-state index in [-0.39, 0.29) is 11.4 Å². The van der Waals surface area contributed by atoms with Crippen molar-refractivity contribution in [3.8, 4) is 0 Å². The summed E-state index contributed by atoms with van der Waals surface area (Å²) in [6.45, 7) is 10.2. The monoisotopic (exact) mass is 343 g/mol. The van der Waals surface area contributed by atoms with E-state index in [0.29, 0.717) is 11.5 Å². The molecule has 3 atom stereocenters. The normalized spacial score (nSPS) is 33.6. The Balaban J connectivity index is 1.35. The van der Waals surface area contributed by atoms with Crippen LogP contribution in [0.3, 0.4) is 0 Å². The van der Waals surface area contributed by atoms with Gasteiger partial charge in [0.25, 0.3) is 0 Å². The molecule has 2 aliphatic carbocycles. The fraction of sp³-hybridized carbons (Fsp3) is 0.737. The Morgan fingerprint density at radius 1 is 1.16 bits per heavy atom. The maximum absolute atomic E-state index is 12.8. The van der Waals surface area contributed by atoms with Crippen LogP contribution in [0.1, 0.15) is 40.0 Å². The number of amides is 2. The number of hydrogen-bond donors (Lipinski definition) is 1. The summed E-state index contributed by atoms with van der Waals surface area (Å²) in [7, 11) is 0. The Morgan fingerprint density at radius 2 is 1.84 bits per heavy atom. The Bertz CT molecular complexity index is 640. The summed E-state index contributed by atoms with van der Waals surface area (Å²) in [6.07, 6.45) is 7.20. The summed E-state index contributed by atoms with van der Waals surface area (Å²) >= 11 is 0. The first-order valence-corrected chi connectivity index (χ1v) is 9.49. The predicted octanol–water partition coefficient (Wildman–Crippen LogP) is 2.52. The average Bonchev–Trinajstić information content (AvgIpc) is 2.96. The Kier molecular flexibility index (Phi) is 3.89. The first-order chi connectivity index (χ1) is 11.9. The summed E-state index contributed by atoms with van der Waals surface area (Å²) in [4.78, 5) is 25.5. The lowest BCUT2D eigenvalue weighted by Gasteiger charge is -2.41. The van der Waals surface area contributed by atoms with Crippen molar-refractivity contribution in [1.29, 1.82) is 0 Å². The smallest absolute Gasteiger partial charge is 0.317 e. The summed E-state index contributed by atoms with van der Waals surface area (Å²) in [5.74, 6) is 1.50. The molecule has 6 nitrogen and oxygen atoms in total. The number of rotatable bonds is 2. The van der Waals surface area contributed by atoms with Crippen molar-refractivity contribution in [3.63, 3.8) is 0 Å². The molecule has 3 fully saturated rings. The van der Waals surface area contributed by atoms with Gasteiger partial charge in [-0.3, -0.25) is 0 Å². The molecule has 2 heterocycles. The van der Waals surface area contributed by atoms with Gasteiger partial charge in [-0.2, -0.15) is 0 Å². The van der Waals surface area contributed by atoms with Gasteiger partial charge in [-0.1, -0.05) is 20.8 Å². The van der Waals surface area contributed by atoms with Crippen molar-refractivity contribution in [2.24, 2.45) is 16.7 Å². The van der Waals surface area contributed by atoms with Gasteiger partial charge in [0.2, 0.25) is 5.95 Å². The molecule has 0 spiro atoms. The van der Waals surface area contributed by atoms with E-state index >= 15 is 0 Å². The maximum Gasteiger partial charge on any atom is 0.317 e. The molecule has 2 saturated carbocycles. The van der Waals surface area contributed by atoms with Gasteiger partial charge >= 0.3 is 6.03 Å². The molecule has 0 unspecified atom stereocenters. The molecule has 3 aliphatic rings. The summed E-state index contributed by atoms with van der Waals surface area (Å²) in [6, 6.07) is 2.23. The summed E-state index contributed by atoms with van der Waals surface area (Å²) in [5, 5.41) is 3.37. The van der Waals surface area contributed by atoms with Crippen molar-refractivity contribution < 1.29 is 4.79 Å². The largest absolute Gasteiger partial charge is 0.337 e. The highest BCUT2D eigenvalue weighted by molar-refractivity contribution is 5.75. The highest BCUT2D eigenvalue weighted by atomic mass is 16.2. The molecule has 25 heavy (non-hydrogen) atoms. The van der Waals surface area contributed by atoms with Crippen LogP contribution >= 0.6 is 0 Å². The number of urea groups is 1. The van der Waals surface area contributed by atoms with Gasteiger partial charge in [0.05, 0.1) is 0 Å². The van der Waals surface area contributed by atoms with E-state index in [4.69, 9.17) is 0 Å². The van der Waals surface area contributed by atoms with E-state index in [2.05, 4.69) is 41.0 Å². The zero-order valence-corrected chi connectivity index (χ0v) is 15.5. The SMILES string of the molecule is CC1(C)[C@@H]2CC[C@]1(C)[C@@H](NC(=O)N1CCN(c3ncccn3)CC1)C2. The number of fused-ring (bicyclic) bond motifs is 2. The third-order valence-electron chi connectivity index (χ3n) is 7.49. The number of carbonyl (C=O) groups excluding carboxylic acids is 1. The number of anilines is 1. The highest BCUT2D eigenvalue weighted by Gasteiger charge is 2.61. The molecule has 1 aliphatic heterocycles. The molecule has 1 aromatic heterocycles. The molecule has 1 saturated heterocycles. The van der Waals surface area contributed by atoms with E-state index in [1.54, 1.807) is 12.4 Å². The van der Waals surface area contributed by atoms with Gasteiger partial charge in [-0.05, 0) is 42.1 Å². The molecular formula is C19H29N5O.